The fraction of sp³-hybridized carbons (Fsp3) is 0.583. The average Bonchev–Trinajstić information content (AvgIpc) is 3.14. The Hall–Kier alpha value is -1.52. The summed E-state index contributed by atoms with van der Waals surface area (Å²) in [6.07, 6.45) is 1.87. The summed E-state index contributed by atoms with van der Waals surface area (Å²) in [6, 6.07) is 0.302. The van der Waals surface area contributed by atoms with Crippen LogP contribution >= 0.6 is 23.1 Å². The lowest BCUT2D eigenvalue weighted by Gasteiger charge is -2.22. The van der Waals surface area contributed by atoms with E-state index < -0.39 is 0 Å². The average molecular weight is 340 g/mol. The zero-order chi connectivity index (χ0) is 15.4. The molecule has 22 heavy (non-hydrogen) atoms. The monoisotopic (exact) mass is 340 g/mol. The molecule has 0 unspecified atom stereocenters. The number of hydrogen-bond donors (Lipinski definition) is 1. The number of thiazole rings is 1. The number of anilines is 1. The Morgan fingerprint density at radius 2 is 2.36 bits per heavy atom. The lowest BCUT2D eigenvalue weighted by atomic mass is 10.1. The topological polar surface area (TPSA) is 94.8 Å². The van der Waals surface area contributed by atoms with Gasteiger partial charge < -0.3 is 10.1 Å². The van der Waals surface area contributed by atoms with Gasteiger partial charge >= 0.3 is 0 Å². The van der Waals surface area contributed by atoms with E-state index in [-0.39, 0.29) is 5.91 Å². The van der Waals surface area contributed by atoms with E-state index in [0.717, 1.165) is 36.9 Å². The predicted molar refractivity (Wildman–Crippen MR) is 82.9 cm³/mol. The molecule has 1 amide bonds. The molecule has 1 N–H and O–H groups in total. The second-order valence-corrected chi connectivity index (χ2v) is 6.66. The van der Waals surface area contributed by atoms with Crippen LogP contribution in [0.3, 0.4) is 0 Å². The third-order valence-electron chi connectivity index (χ3n) is 3.18. The number of hydrogen-bond acceptors (Lipinski definition) is 8. The number of carbonyl (C=O) groups excluding carboxylic acids is 1. The first-order valence-corrected chi connectivity index (χ1v) is 8.79. The number of ether oxygens (including phenoxy) is 1. The van der Waals surface area contributed by atoms with Crippen LogP contribution in [0.1, 0.15) is 31.5 Å². The van der Waals surface area contributed by atoms with Crippen LogP contribution in [-0.2, 0) is 15.3 Å². The van der Waals surface area contributed by atoms with E-state index >= 15 is 0 Å². The molecule has 1 saturated heterocycles. The lowest BCUT2D eigenvalue weighted by molar-refractivity contribution is -0.114. The highest BCUT2D eigenvalue weighted by Gasteiger charge is 2.20. The Morgan fingerprint density at radius 3 is 3.14 bits per heavy atom. The van der Waals surface area contributed by atoms with Gasteiger partial charge in [-0.15, -0.1) is 16.4 Å². The number of aromatic nitrogens is 5. The molecule has 118 valence electrons. The Bertz CT molecular complexity index is 637. The smallest absolute Gasteiger partial charge is 0.223 e. The van der Waals surface area contributed by atoms with Crippen molar-refractivity contribution >= 4 is 34.1 Å². The van der Waals surface area contributed by atoms with E-state index in [9.17, 15) is 4.79 Å². The molecular weight excluding hydrogens is 324 g/mol. The molecule has 0 spiro atoms. The molecule has 3 heterocycles. The second kappa shape index (κ2) is 7.16. The Kier molecular flexibility index (Phi) is 5.01. The van der Waals surface area contributed by atoms with E-state index in [1.807, 2.05) is 10.1 Å². The standard InChI is InChI=1S/C12H16N6O2S2/c1-8(19)13-11-14-9(6-21-11)7-22-12-15-16-17-18(12)10-2-4-20-5-3-10/h6,10H,2-5,7H2,1H3,(H,13,14,19). The maximum Gasteiger partial charge on any atom is 0.223 e. The Morgan fingerprint density at radius 1 is 1.55 bits per heavy atom. The number of thioether (sulfide) groups is 1. The van der Waals surface area contributed by atoms with Crippen molar-refractivity contribution < 1.29 is 9.53 Å². The fourth-order valence-electron chi connectivity index (χ4n) is 2.16. The molecule has 8 nitrogen and oxygen atoms in total. The van der Waals surface area contributed by atoms with Crippen molar-refractivity contribution in [3.63, 3.8) is 0 Å². The van der Waals surface area contributed by atoms with Crippen LogP contribution in [0.4, 0.5) is 5.13 Å². The summed E-state index contributed by atoms with van der Waals surface area (Å²) in [5.41, 5.74) is 0.903. The summed E-state index contributed by atoms with van der Waals surface area (Å²) >= 11 is 2.97. The van der Waals surface area contributed by atoms with E-state index in [1.165, 1.54) is 18.3 Å². The van der Waals surface area contributed by atoms with Gasteiger partial charge in [0, 0.05) is 31.3 Å². The third-order valence-corrected chi connectivity index (χ3v) is 4.96. The zero-order valence-corrected chi connectivity index (χ0v) is 13.7. The molecule has 0 bridgehead atoms. The van der Waals surface area contributed by atoms with Crippen LogP contribution in [-0.4, -0.2) is 44.3 Å². The molecular formula is C12H16N6O2S2. The van der Waals surface area contributed by atoms with Crippen molar-refractivity contribution in [2.45, 2.75) is 36.7 Å². The number of rotatable bonds is 5. The number of carbonyl (C=O) groups is 1. The first-order chi connectivity index (χ1) is 10.7. The van der Waals surface area contributed by atoms with Crippen LogP contribution in [0.25, 0.3) is 0 Å². The molecule has 0 aliphatic carbocycles. The van der Waals surface area contributed by atoms with E-state index in [1.54, 1.807) is 11.8 Å². The summed E-state index contributed by atoms with van der Waals surface area (Å²) in [5.74, 6) is 0.552. The molecule has 1 aliphatic rings. The molecule has 0 aromatic carbocycles. The molecule has 0 atom stereocenters. The molecule has 0 radical (unpaired) electrons. The minimum absolute atomic E-state index is 0.114. The van der Waals surface area contributed by atoms with Gasteiger partial charge in [0.15, 0.2) is 5.13 Å². The van der Waals surface area contributed by atoms with Crippen LogP contribution in [0.5, 0.6) is 0 Å². The maximum atomic E-state index is 11.0. The van der Waals surface area contributed by atoms with Gasteiger partial charge in [0.1, 0.15) is 0 Å². The van der Waals surface area contributed by atoms with Crippen LogP contribution in [0.15, 0.2) is 10.5 Å². The van der Waals surface area contributed by atoms with Crippen LogP contribution in [0.2, 0.25) is 0 Å². The summed E-state index contributed by atoms with van der Waals surface area (Å²) in [7, 11) is 0. The predicted octanol–water partition coefficient (Wildman–Crippen LogP) is 1.73. The van der Waals surface area contributed by atoms with Crippen LogP contribution < -0.4 is 5.32 Å². The van der Waals surface area contributed by atoms with Gasteiger partial charge in [0.05, 0.1) is 11.7 Å². The van der Waals surface area contributed by atoms with Gasteiger partial charge in [0.2, 0.25) is 11.1 Å². The Labute approximate surface area is 135 Å². The second-order valence-electron chi connectivity index (χ2n) is 4.86. The largest absolute Gasteiger partial charge is 0.381 e. The normalized spacial score (nSPS) is 15.9. The molecule has 2 aromatic heterocycles. The maximum absolute atomic E-state index is 11.0. The summed E-state index contributed by atoms with van der Waals surface area (Å²) < 4.78 is 7.25. The van der Waals surface area contributed by atoms with Gasteiger partial charge in [-0.1, -0.05) is 11.8 Å². The molecule has 10 heteroatoms. The third kappa shape index (κ3) is 3.81. The highest BCUT2D eigenvalue weighted by atomic mass is 32.2. The van der Waals surface area contributed by atoms with Crippen molar-refractivity contribution in [1.82, 2.24) is 25.2 Å². The summed E-state index contributed by atoms with van der Waals surface area (Å²) in [6.45, 7) is 2.97. The van der Waals surface area contributed by atoms with Crippen LogP contribution in [0, 0.1) is 0 Å². The SMILES string of the molecule is CC(=O)Nc1nc(CSc2nnnn2C2CCOCC2)cs1. The molecule has 3 rings (SSSR count). The highest BCUT2D eigenvalue weighted by Crippen LogP contribution is 2.27. The first kappa shape index (κ1) is 15.4. The molecule has 1 aliphatic heterocycles. The van der Waals surface area contributed by atoms with Crippen molar-refractivity contribution in [2.75, 3.05) is 18.5 Å². The molecule has 0 saturated carbocycles. The Balaban J connectivity index is 1.60. The van der Waals surface area contributed by atoms with Crippen molar-refractivity contribution in [3.05, 3.63) is 11.1 Å². The van der Waals surface area contributed by atoms with Gasteiger partial charge in [-0.3, -0.25) is 4.79 Å². The number of tetrazole rings is 1. The van der Waals surface area contributed by atoms with Crippen molar-refractivity contribution in [3.8, 4) is 0 Å². The van der Waals surface area contributed by atoms with Gasteiger partial charge in [0.25, 0.3) is 0 Å². The number of nitrogens with one attached hydrogen (secondary N) is 1. The van der Waals surface area contributed by atoms with E-state index in [2.05, 4.69) is 25.8 Å². The summed E-state index contributed by atoms with van der Waals surface area (Å²) in [5, 5.41) is 18.0. The minimum atomic E-state index is -0.114. The van der Waals surface area contributed by atoms with Gasteiger partial charge in [-0.05, 0) is 23.3 Å². The number of nitrogens with zero attached hydrogens (tertiary/aromatic N) is 5. The van der Waals surface area contributed by atoms with Gasteiger partial charge in [-0.25, -0.2) is 9.67 Å². The highest BCUT2D eigenvalue weighted by molar-refractivity contribution is 7.98. The zero-order valence-electron chi connectivity index (χ0n) is 12.1. The van der Waals surface area contributed by atoms with Gasteiger partial charge in [-0.2, -0.15) is 0 Å². The molecule has 2 aromatic rings. The van der Waals surface area contributed by atoms with Crippen molar-refractivity contribution in [1.29, 1.82) is 0 Å². The fourth-order valence-corrected chi connectivity index (χ4v) is 3.86. The minimum Gasteiger partial charge on any atom is -0.381 e. The quantitative estimate of drug-likeness (QED) is 0.828. The number of amides is 1. The summed E-state index contributed by atoms with van der Waals surface area (Å²) in [4.78, 5) is 15.4. The van der Waals surface area contributed by atoms with E-state index in [0.29, 0.717) is 16.9 Å². The van der Waals surface area contributed by atoms with Crippen molar-refractivity contribution in [2.24, 2.45) is 0 Å². The molecule has 1 fully saturated rings. The lowest BCUT2D eigenvalue weighted by Crippen LogP contribution is -2.21. The first-order valence-electron chi connectivity index (χ1n) is 6.93. The van der Waals surface area contributed by atoms with E-state index in [4.69, 9.17) is 4.74 Å².